The van der Waals surface area contributed by atoms with E-state index in [4.69, 9.17) is 9.47 Å². The predicted molar refractivity (Wildman–Crippen MR) is 161 cm³/mol. The Hall–Kier alpha value is -3.72. The average Bonchev–Trinajstić information content (AvgIpc) is 3.48. The number of aryl methyl sites for hydroxylation is 2. The quantitative estimate of drug-likeness (QED) is 0.247. The van der Waals surface area contributed by atoms with Gasteiger partial charge in [-0.05, 0) is 84.8 Å². The minimum atomic E-state index is -0.0518. The zero-order valence-electron chi connectivity index (χ0n) is 24.9. The van der Waals surface area contributed by atoms with E-state index < -0.39 is 0 Å². The fourth-order valence-electron chi connectivity index (χ4n) is 6.22. The standard InChI is InChI=1S/C32H42N6O3/c1-6-27(31-34-35-36-38(31)25-10-8-7-9-11-25)37(17-16-23-14-15-28(40-4)29(18-23)41-5)20-24-19-26-21(2)12-13-22(3)30(26)33-32(24)39/h12-15,18-19,25,27H,6-11,16-17,20H2,1-5H3,(H,33,39)/t27-/m1/s1. The highest BCUT2D eigenvalue weighted by atomic mass is 16.5. The number of H-pyrrole nitrogens is 1. The number of hydrogen-bond donors (Lipinski definition) is 1. The number of fused-ring (bicyclic) bond motifs is 1. The highest BCUT2D eigenvalue weighted by molar-refractivity contribution is 5.85. The number of rotatable bonds is 11. The molecule has 0 amide bonds. The summed E-state index contributed by atoms with van der Waals surface area (Å²) in [6.45, 7) is 7.50. The largest absolute Gasteiger partial charge is 0.493 e. The summed E-state index contributed by atoms with van der Waals surface area (Å²) in [7, 11) is 3.30. The lowest BCUT2D eigenvalue weighted by atomic mass is 9.95. The van der Waals surface area contributed by atoms with Gasteiger partial charge in [0.05, 0.1) is 31.8 Å². The van der Waals surface area contributed by atoms with Crippen molar-refractivity contribution in [2.75, 3.05) is 20.8 Å². The summed E-state index contributed by atoms with van der Waals surface area (Å²) in [5.41, 5.74) is 4.95. The summed E-state index contributed by atoms with van der Waals surface area (Å²) >= 11 is 0. The van der Waals surface area contributed by atoms with Gasteiger partial charge in [-0.1, -0.05) is 44.4 Å². The lowest BCUT2D eigenvalue weighted by Gasteiger charge is -2.32. The molecule has 218 valence electrons. The van der Waals surface area contributed by atoms with E-state index in [9.17, 15) is 4.79 Å². The highest BCUT2D eigenvalue weighted by Gasteiger charge is 2.29. The molecular weight excluding hydrogens is 516 g/mol. The summed E-state index contributed by atoms with van der Waals surface area (Å²) in [5.74, 6) is 2.30. The van der Waals surface area contributed by atoms with Gasteiger partial charge in [0.2, 0.25) is 0 Å². The van der Waals surface area contributed by atoms with Crippen LogP contribution in [0.4, 0.5) is 0 Å². The van der Waals surface area contributed by atoms with Crippen LogP contribution in [0.2, 0.25) is 0 Å². The lowest BCUT2D eigenvalue weighted by molar-refractivity contribution is 0.165. The first-order valence-corrected chi connectivity index (χ1v) is 14.8. The van der Waals surface area contributed by atoms with Crippen LogP contribution in [0.5, 0.6) is 11.5 Å². The van der Waals surface area contributed by atoms with E-state index in [2.05, 4.69) is 68.2 Å². The summed E-state index contributed by atoms with van der Waals surface area (Å²) in [6.07, 6.45) is 7.47. The number of aromatic nitrogens is 5. The molecule has 1 atom stereocenters. The Balaban J connectivity index is 1.51. The monoisotopic (exact) mass is 558 g/mol. The summed E-state index contributed by atoms with van der Waals surface area (Å²) in [5, 5.41) is 14.3. The molecule has 0 saturated heterocycles. The maximum Gasteiger partial charge on any atom is 0.252 e. The van der Waals surface area contributed by atoms with Gasteiger partial charge in [0.1, 0.15) is 0 Å². The number of hydrogen-bond acceptors (Lipinski definition) is 7. The number of benzene rings is 2. The fourth-order valence-corrected chi connectivity index (χ4v) is 6.22. The molecule has 1 saturated carbocycles. The maximum absolute atomic E-state index is 13.4. The molecule has 0 aliphatic heterocycles. The Morgan fingerprint density at radius 3 is 2.51 bits per heavy atom. The van der Waals surface area contributed by atoms with Crippen molar-refractivity contribution in [1.29, 1.82) is 0 Å². The van der Waals surface area contributed by atoms with Crippen molar-refractivity contribution in [3.05, 3.63) is 74.8 Å². The molecule has 0 unspecified atom stereocenters. The SMILES string of the molecule is CC[C@H](c1nnnn1C1CCCCC1)N(CCc1ccc(OC)c(OC)c1)Cc1cc2c(C)ccc(C)c2[nH]c1=O. The van der Waals surface area contributed by atoms with Gasteiger partial charge in [-0.15, -0.1) is 5.10 Å². The highest BCUT2D eigenvalue weighted by Crippen LogP contribution is 2.33. The molecule has 2 aromatic heterocycles. The van der Waals surface area contributed by atoms with Crippen molar-refractivity contribution >= 4 is 10.9 Å². The van der Waals surface area contributed by atoms with E-state index in [0.717, 1.165) is 71.2 Å². The first-order valence-electron chi connectivity index (χ1n) is 14.8. The number of tetrazole rings is 1. The number of methoxy groups -OCH3 is 2. The molecule has 2 heterocycles. The molecule has 9 heteroatoms. The molecule has 1 aliphatic rings. The lowest BCUT2D eigenvalue weighted by Crippen LogP contribution is -2.35. The van der Waals surface area contributed by atoms with Gasteiger partial charge in [0.25, 0.3) is 5.56 Å². The van der Waals surface area contributed by atoms with Crippen molar-refractivity contribution in [2.45, 2.75) is 84.3 Å². The van der Waals surface area contributed by atoms with Gasteiger partial charge in [0.15, 0.2) is 17.3 Å². The molecule has 9 nitrogen and oxygen atoms in total. The number of aromatic amines is 1. The van der Waals surface area contributed by atoms with Crippen LogP contribution in [0.1, 0.15) is 85.6 Å². The van der Waals surface area contributed by atoms with Gasteiger partial charge in [0, 0.05) is 24.0 Å². The summed E-state index contributed by atoms with van der Waals surface area (Å²) < 4.78 is 13.1. The van der Waals surface area contributed by atoms with Crippen LogP contribution in [0, 0.1) is 13.8 Å². The van der Waals surface area contributed by atoms with Crippen LogP contribution in [0.25, 0.3) is 10.9 Å². The number of nitrogens with one attached hydrogen (secondary N) is 1. The van der Waals surface area contributed by atoms with E-state index >= 15 is 0 Å². The Kier molecular flexibility index (Phi) is 9.03. The van der Waals surface area contributed by atoms with Crippen LogP contribution in [0.15, 0.2) is 41.2 Å². The third-order valence-electron chi connectivity index (χ3n) is 8.59. The first-order chi connectivity index (χ1) is 19.9. The summed E-state index contributed by atoms with van der Waals surface area (Å²) in [4.78, 5) is 18.9. The third kappa shape index (κ3) is 6.15. The fraction of sp³-hybridized carbons (Fsp3) is 0.500. The van der Waals surface area contributed by atoms with E-state index in [-0.39, 0.29) is 11.6 Å². The molecule has 0 spiro atoms. The molecule has 1 fully saturated rings. The first kappa shape index (κ1) is 28.8. The van der Waals surface area contributed by atoms with Crippen molar-refractivity contribution in [3.8, 4) is 11.5 Å². The molecule has 4 aromatic rings. The average molecular weight is 559 g/mol. The Morgan fingerprint density at radius 1 is 1.02 bits per heavy atom. The van der Waals surface area contributed by atoms with Crippen LogP contribution in [0.3, 0.4) is 0 Å². The Labute approximate surface area is 241 Å². The Bertz CT molecular complexity index is 1540. The molecular formula is C32H42N6O3. The van der Waals surface area contributed by atoms with E-state index in [1.54, 1.807) is 14.2 Å². The molecule has 1 N–H and O–H groups in total. The van der Waals surface area contributed by atoms with Crippen LogP contribution in [-0.4, -0.2) is 50.9 Å². The van der Waals surface area contributed by atoms with Gasteiger partial charge in [-0.3, -0.25) is 9.69 Å². The second kappa shape index (κ2) is 12.9. The molecule has 5 rings (SSSR count). The molecule has 41 heavy (non-hydrogen) atoms. The van der Waals surface area contributed by atoms with E-state index in [0.29, 0.717) is 24.1 Å². The molecule has 2 aromatic carbocycles. The number of nitrogens with zero attached hydrogens (tertiary/aromatic N) is 5. The van der Waals surface area contributed by atoms with Crippen molar-refractivity contribution in [1.82, 2.24) is 30.1 Å². The van der Waals surface area contributed by atoms with E-state index in [1.165, 1.54) is 19.3 Å². The minimum absolute atomic E-state index is 0.0410. The Morgan fingerprint density at radius 2 is 1.78 bits per heavy atom. The van der Waals surface area contributed by atoms with E-state index in [1.807, 2.05) is 19.1 Å². The van der Waals surface area contributed by atoms with Crippen LogP contribution >= 0.6 is 0 Å². The van der Waals surface area contributed by atoms with Gasteiger partial charge in [-0.2, -0.15) is 0 Å². The number of ether oxygens (including phenoxy) is 2. The van der Waals surface area contributed by atoms with Gasteiger partial charge >= 0.3 is 0 Å². The van der Waals surface area contributed by atoms with Crippen molar-refractivity contribution in [2.24, 2.45) is 0 Å². The minimum Gasteiger partial charge on any atom is -0.493 e. The third-order valence-corrected chi connectivity index (χ3v) is 8.59. The topological polar surface area (TPSA) is 98.2 Å². The molecule has 0 bridgehead atoms. The zero-order chi connectivity index (χ0) is 28.9. The second-order valence-electron chi connectivity index (χ2n) is 11.2. The number of pyridine rings is 1. The van der Waals surface area contributed by atoms with Crippen molar-refractivity contribution < 1.29 is 9.47 Å². The van der Waals surface area contributed by atoms with Crippen LogP contribution in [-0.2, 0) is 13.0 Å². The summed E-state index contributed by atoms with van der Waals surface area (Å²) in [6, 6.07) is 12.6. The zero-order valence-corrected chi connectivity index (χ0v) is 24.9. The normalized spacial score (nSPS) is 15.0. The predicted octanol–water partition coefficient (Wildman–Crippen LogP) is 5.85. The molecule has 0 radical (unpaired) electrons. The van der Waals surface area contributed by atoms with Crippen molar-refractivity contribution in [3.63, 3.8) is 0 Å². The maximum atomic E-state index is 13.4. The molecule has 1 aliphatic carbocycles. The second-order valence-corrected chi connectivity index (χ2v) is 11.2. The van der Waals surface area contributed by atoms with Gasteiger partial charge < -0.3 is 14.5 Å². The smallest absolute Gasteiger partial charge is 0.252 e. The van der Waals surface area contributed by atoms with Crippen LogP contribution < -0.4 is 15.0 Å². The van der Waals surface area contributed by atoms with Gasteiger partial charge in [-0.25, -0.2) is 4.68 Å².